The number of nitrogens with zero attached hydrogens (tertiary/aromatic N) is 1. The van der Waals surface area contributed by atoms with Gasteiger partial charge in [0.1, 0.15) is 5.75 Å². The third-order valence-corrected chi connectivity index (χ3v) is 4.39. The predicted octanol–water partition coefficient (Wildman–Crippen LogP) is 4.46. The zero-order valence-corrected chi connectivity index (χ0v) is 13.0. The molecule has 0 saturated heterocycles. The van der Waals surface area contributed by atoms with Crippen LogP contribution in [0, 0.1) is 6.92 Å². The monoisotopic (exact) mass is 312 g/mol. The lowest BCUT2D eigenvalue weighted by Crippen LogP contribution is -2.23. The van der Waals surface area contributed by atoms with Gasteiger partial charge in [0.05, 0.1) is 11.2 Å². The van der Waals surface area contributed by atoms with Gasteiger partial charge in [-0.15, -0.1) is 11.3 Å². The van der Waals surface area contributed by atoms with E-state index >= 15 is 0 Å². The Morgan fingerprint density at radius 1 is 1.19 bits per heavy atom. The number of nitrogens with one attached hydrogen (secondary N) is 1. The van der Waals surface area contributed by atoms with Gasteiger partial charge in [0, 0.05) is 22.5 Å². The highest BCUT2D eigenvalue weighted by Crippen LogP contribution is 2.29. The SMILES string of the molecule is Cc1ncsc1C(C)NC(C)c1ccccc1OC(F)F. The van der Waals surface area contributed by atoms with Crippen molar-refractivity contribution in [2.75, 3.05) is 0 Å². The molecule has 6 heteroatoms. The number of hydrogen-bond acceptors (Lipinski definition) is 4. The van der Waals surface area contributed by atoms with Crippen LogP contribution in [0.3, 0.4) is 0 Å². The highest BCUT2D eigenvalue weighted by atomic mass is 32.1. The highest BCUT2D eigenvalue weighted by Gasteiger charge is 2.18. The average Bonchev–Trinajstić information content (AvgIpc) is 2.85. The number of hydrogen-bond donors (Lipinski definition) is 1. The van der Waals surface area contributed by atoms with Crippen LogP contribution in [0.1, 0.15) is 42.1 Å². The van der Waals surface area contributed by atoms with Gasteiger partial charge in [-0.05, 0) is 26.8 Å². The lowest BCUT2D eigenvalue weighted by molar-refractivity contribution is -0.0506. The molecule has 0 radical (unpaired) electrons. The van der Waals surface area contributed by atoms with Gasteiger partial charge in [-0.25, -0.2) is 4.98 Å². The highest BCUT2D eigenvalue weighted by molar-refractivity contribution is 7.09. The van der Waals surface area contributed by atoms with Gasteiger partial charge in [0.15, 0.2) is 0 Å². The fraction of sp³-hybridized carbons (Fsp3) is 0.400. The summed E-state index contributed by atoms with van der Waals surface area (Å²) in [6.07, 6.45) is 0. The van der Waals surface area contributed by atoms with Crippen LogP contribution in [-0.4, -0.2) is 11.6 Å². The van der Waals surface area contributed by atoms with Crippen molar-refractivity contribution in [1.29, 1.82) is 0 Å². The first-order chi connectivity index (χ1) is 9.99. The predicted molar refractivity (Wildman–Crippen MR) is 79.9 cm³/mol. The van der Waals surface area contributed by atoms with Gasteiger partial charge in [-0.2, -0.15) is 8.78 Å². The molecule has 1 aromatic heterocycles. The van der Waals surface area contributed by atoms with Gasteiger partial charge in [-0.1, -0.05) is 18.2 Å². The molecule has 1 N–H and O–H groups in total. The number of aryl methyl sites for hydroxylation is 1. The second-order valence-corrected chi connectivity index (χ2v) is 5.71. The molecule has 0 spiro atoms. The number of benzene rings is 1. The fourth-order valence-corrected chi connectivity index (χ4v) is 3.13. The van der Waals surface area contributed by atoms with Crippen molar-refractivity contribution in [3.8, 4) is 5.75 Å². The molecule has 1 aromatic carbocycles. The molecule has 2 unspecified atom stereocenters. The maximum Gasteiger partial charge on any atom is 0.387 e. The van der Waals surface area contributed by atoms with Gasteiger partial charge in [-0.3, -0.25) is 0 Å². The third kappa shape index (κ3) is 3.98. The van der Waals surface area contributed by atoms with Crippen LogP contribution >= 0.6 is 11.3 Å². The third-order valence-electron chi connectivity index (χ3n) is 3.28. The minimum Gasteiger partial charge on any atom is -0.434 e. The Morgan fingerprint density at radius 3 is 2.52 bits per heavy atom. The number of para-hydroxylation sites is 1. The van der Waals surface area contributed by atoms with E-state index in [4.69, 9.17) is 0 Å². The first kappa shape index (κ1) is 15.9. The van der Waals surface area contributed by atoms with Crippen molar-refractivity contribution in [2.24, 2.45) is 0 Å². The van der Waals surface area contributed by atoms with Crippen molar-refractivity contribution in [3.63, 3.8) is 0 Å². The number of thiazole rings is 1. The molecule has 2 rings (SSSR count). The molecule has 0 aliphatic carbocycles. The molecule has 0 aliphatic heterocycles. The summed E-state index contributed by atoms with van der Waals surface area (Å²) in [5.41, 5.74) is 3.51. The van der Waals surface area contributed by atoms with E-state index in [0.29, 0.717) is 5.56 Å². The van der Waals surface area contributed by atoms with Crippen molar-refractivity contribution in [2.45, 2.75) is 39.5 Å². The Morgan fingerprint density at radius 2 is 1.90 bits per heavy atom. The second kappa shape index (κ2) is 6.95. The molecule has 1 heterocycles. The summed E-state index contributed by atoms with van der Waals surface area (Å²) < 4.78 is 29.5. The van der Waals surface area contributed by atoms with E-state index in [-0.39, 0.29) is 17.8 Å². The molecule has 2 aromatic rings. The van der Waals surface area contributed by atoms with E-state index < -0.39 is 6.61 Å². The Kier molecular flexibility index (Phi) is 5.25. The Bertz CT molecular complexity index is 589. The van der Waals surface area contributed by atoms with Crippen molar-refractivity contribution >= 4 is 11.3 Å². The number of alkyl halides is 2. The van der Waals surface area contributed by atoms with Crippen LogP contribution in [0.15, 0.2) is 29.8 Å². The molecule has 3 nitrogen and oxygen atoms in total. The van der Waals surface area contributed by atoms with Gasteiger partial charge >= 0.3 is 6.61 Å². The Balaban J connectivity index is 2.13. The van der Waals surface area contributed by atoms with E-state index in [0.717, 1.165) is 10.6 Å². The summed E-state index contributed by atoms with van der Waals surface area (Å²) in [7, 11) is 0. The topological polar surface area (TPSA) is 34.2 Å². The molecule has 0 bridgehead atoms. The molecule has 0 fully saturated rings. The van der Waals surface area contributed by atoms with Crippen LogP contribution in [0.4, 0.5) is 8.78 Å². The minimum absolute atomic E-state index is 0.0899. The van der Waals surface area contributed by atoms with Crippen molar-refractivity contribution in [3.05, 3.63) is 45.9 Å². The number of ether oxygens (including phenoxy) is 1. The molecule has 21 heavy (non-hydrogen) atoms. The van der Waals surface area contributed by atoms with Gasteiger partial charge in [0.2, 0.25) is 0 Å². The van der Waals surface area contributed by atoms with Crippen molar-refractivity contribution < 1.29 is 13.5 Å². The van der Waals surface area contributed by atoms with Crippen LogP contribution in [0.25, 0.3) is 0 Å². The minimum atomic E-state index is -2.82. The van der Waals surface area contributed by atoms with E-state index in [9.17, 15) is 8.78 Å². The van der Waals surface area contributed by atoms with Crippen LogP contribution in [0.5, 0.6) is 5.75 Å². The zero-order chi connectivity index (χ0) is 15.4. The maximum absolute atomic E-state index is 12.5. The second-order valence-electron chi connectivity index (χ2n) is 4.83. The average molecular weight is 312 g/mol. The van der Waals surface area contributed by atoms with E-state index in [1.807, 2.05) is 26.8 Å². The summed E-state index contributed by atoms with van der Waals surface area (Å²) in [5.74, 6) is 0.209. The molecule has 2 atom stereocenters. The standard InChI is InChI=1S/C15H18F2N2OS/c1-9(19-11(3)14-10(2)18-8-21-14)12-6-4-5-7-13(12)20-15(16)17/h4-9,11,15,19H,1-3H3. The van der Waals surface area contributed by atoms with E-state index in [1.165, 1.54) is 0 Å². The van der Waals surface area contributed by atoms with Crippen LogP contribution in [-0.2, 0) is 0 Å². The molecule has 0 aliphatic rings. The molecule has 114 valence electrons. The lowest BCUT2D eigenvalue weighted by Gasteiger charge is -2.22. The van der Waals surface area contributed by atoms with E-state index in [2.05, 4.69) is 15.0 Å². The summed E-state index contributed by atoms with van der Waals surface area (Å²) in [4.78, 5) is 5.38. The van der Waals surface area contributed by atoms with E-state index in [1.54, 1.807) is 35.0 Å². The van der Waals surface area contributed by atoms with Crippen LogP contribution < -0.4 is 10.1 Å². The molecule has 0 saturated carbocycles. The smallest absolute Gasteiger partial charge is 0.387 e. The fourth-order valence-electron chi connectivity index (χ4n) is 2.31. The number of halogens is 2. The summed E-state index contributed by atoms with van der Waals surface area (Å²) in [5, 5.41) is 3.40. The first-order valence-corrected chi connectivity index (χ1v) is 7.56. The van der Waals surface area contributed by atoms with Crippen molar-refractivity contribution in [1.82, 2.24) is 10.3 Å². The molecular formula is C15H18F2N2OS. The lowest BCUT2D eigenvalue weighted by atomic mass is 10.1. The molecule has 0 amide bonds. The summed E-state index contributed by atoms with van der Waals surface area (Å²) in [6.45, 7) is 3.11. The quantitative estimate of drug-likeness (QED) is 0.855. The van der Waals surface area contributed by atoms with Gasteiger partial charge in [0.25, 0.3) is 0 Å². The summed E-state index contributed by atoms with van der Waals surface area (Å²) >= 11 is 1.58. The van der Waals surface area contributed by atoms with Gasteiger partial charge < -0.3 is 10.1 Å². The number of aromatic nitrogens is 1. The zero-order valence-electron chi connectivity index (χ0n) is 12.1. The Labute approximate surface area is 127 Å². The summed E-state index contributed by atoms with van der Waals surface area (Å²) in [6, 6.07) is 6.83. The Hall–Kier alpha value is -1.53. The number of rotatable bonds is 6. The van der Waals surface area contributed by atoms with Crippen LogP contribution in [0.2, 0.25) is 0 Å². The normalized spacial score (nSPS) is 14.2. The largest absolute Gasteiger partial charge is 0.434 e. The molecular weight excluding hydrogens is 294 g/mol. The first-order valence-electron chi connectivity index (χ1n) is 6.68. The maximum atomic E-state index is 12.5.